The Morgan fingerprint density at radius 1 is 1.30 bits per heavy atom. The third-order valence-corrected chi connectivity index (χ3v) is 3.73. The zero-order valence-electron chi connectivity index (χ0n) is 12.6. The number of carbonyl (C=O) groups is 1. The maximum atomic E-state index is 11.6. The molecule has 0 unspecified atom stereocenters. The van der Waals surface area contributed by atoms with Gasteiger partial charge in [0, 0.05) is 30.2 Å². The molecule has 0 atom stereocenters. The first-order valence-corrected chi connectivity index (χ1v) is 8.14. The van der Waals surface area contributed by atoms with Crippen molar-refractivity contribution in [2.45, 2.75) is 44.6 Å². The maximum absolute atomic E-state index is 11.6. The van der Waals surface area contributed by atoms with Gasteiger partial charge < -0.3 is 10.1 Å². The largest absolute Gasteiger partial charge is 0.379 e. The zero-order valence-corrected chi connectivity index (χ0v) is 13.5. The van der Waals surface area contributed by atoms with Crippen LogP contribution in [0.2, 0.25) is 0 Å². The van der Waals surface area contributed by atoms with E-state index in [1.807, 2.05) is 13.8 Å². The summed E-state index contributed by atoms with van der Waals surface area (Å²) in [7, 11) is 0. The monoisotopic (exact) mass is 295 g/mol. The summed E-state index contributed by atoms with van der Waals surface area (Å²) in [6.45, 7) is 7.50. The van der Waals surface area contributed by atoms with Crippen LogP contribution in [0.1, 0.15) is 32.3 Å². The normalized spacial score (nSPS) is 10.8. The van der Waals surface area contributed by atoms with E-state index in [1.54, 1.807) is 11.8 Å². The quantitative estimate of drug-likeness (QED) is 0.560. The van der Waals surface area contributed by atoms with Crippen LogP contribution in [0.15, 0.2) is 29.2 Å². The second-order valence-electron chi connectivity index (χ2n) is 5.03. The number of amides is 1. The summed E-state index contributed by atoms with van der Waals surface area (Å²) in [6, 6.07) is 8.39. The van der Waals surface area contributed by atoms with Gasteiger partial charge in [-0.05, 0) is 39.3 Å². The van der Waals surface area contributed by atoms with Gasteiger partial charge >= 0.3 is 0 Å². The highest BCUT2D eigenvalue weighted by Crippen LogP contribution is 2.18. The molecule has 1 rings (SSSR count). The van der Waals surface area contributed by atoms with Crippen molar-refractivity contribution in [3.63, 3.8) is 0 Å². The lowest BCUT2D eigenvalue weighted by Gasteiger charge is -2.08. The molecule has 20 heavy (non-hydrogen) atoms. The molecular formula is C16H25NO2S. The Hall–Kier alpha value is -1.00. The Labute approximate surface area is 126 Å². The van der Waals surface area contributed by atoms with Crippen LogP contribution in [0.5, 0.6) is 0 Å². The van der Waals surface area contributed by atoms with Crippen molar-refractivity contribution in [3.05, 3.63) is 29.8 Å². The SMILES string of the molecule is Cc1ccc(SCCC(=O)NCCCOC(C)C)cc1. The fourth-order valence-corrected chi connectivity index (χ4v) is 2.46. The van der Waals surface area contributed by atoms with E-state index >= 15 is 0 Å². The smallest absolute Gasteiger partial charge is 0.220 e. The third-order valence-electron chi connectivity index (χ3n) is 2.71. The van der Waals surface area contributed by atoms with Crippen LogP contribution >= 0.6 is 11.8 Å². The van der Waals surface area contributed by atoms with E-state index in [4.69, 9.17) is 4.74 Å². The van der Waals surface area contributed by atoms with E-state index < -0.39 is 0 Å². The average molecular weight is 295 g/mol. The van der Waals surface area contributed by atoms with Crippen molar-refractivity contribution in [1.29, 1.82) is 0 Å². The van der Waals surface area contributed by atoms with Gasteiger partial charge in [0.2, 0.25) is 5.91 Å². The Kier molecular flexibility index (Phi) is 8.38. The summed E-state index contributed by atoms with van der Waals surface area (Å²) in [5.74, 6) is 0.936. The fraction of sp³-hybridized carbons (Fsp3) is 0.562. The first-order chi connectivity index (χ1) is 9.58. The number of ether oxygens (including phenoxy) is 1. The zero-order chi connectivity index (χ0) is 14.8. The van der Waals surface area contributed by atoms with Crippen LogP contribution < -0.4 is 5.32 Å². The third kappa shape index (κ3) is 8.23. The molecule has 0 radical (unpaired) electrons. The van der Waals surface area contributed by atoms with E-state index in [2.05, 4.69) is 36.5 Å². The van der Waals surface area contributed by atoms with Crippen molar-refractivity contribution < 1.29 is 9.53 Å². The minimum absolute atomic E-state index is 0.120. The second kappa shape index (κ2) is 9.83. The molecule has 0 aliphatic carbocycles. The van der Waals surface area contributed by atoms with Crippen LogP contribution in [0.3, 0.4) is 0 Å². The molecule has 0 aliphatic rings. The number of benzene rings is 1. The Bertz CT molecular complexity index is 390. The summed E-state index contributed by atoms with van der Waals surface area (Å²) in [5, 5.41) is 2.92. The Balaban J connectivity index is 2.04. The summed E-state index contributed by atoms with van der Waals surface area (Å²) >= 11 is 1.72. The first kappa shape index (κ1) is 17.1. The fourth-order valence-electron chi connectivity index (χ4n) is 1.60. The van der Waals surface area contributed by atoms with Crippen molar-refractivity contribution in [3.8, 4) is 0 Å². The number of thioether (sulfide) groups is 1. The number of carbonyl (C=O) groups excluding carboxylic acids is 1. The van der Waals surface area contributed by atoms with E-state index in [9.17, 15) is 4.79 Å². The molecule has 0 fully saturated rings. The lowest BCUT2D eigenvalue weighted by atomic mass is 10.2. The minimum Gasteiger partial charge on any atom is -0.379 e. The molecule has 0 heterocycles. The molecule has 1 aromatic rings. The topological polar surface area (TPSA) is 38.3 Å². The molecular weight excluding hydrogens is 270 g/mol. The maximum Gasteiger partial charge on any atom is 0.220 e. The number of hydrogen-bond donors (Lipinski definition) is 1. The van der Waals surface area contributed by atoms with Crippen LogP contribution in [-0.4, -0.2) is 30.9 Å². The van der Waals surface area contributed by atoms with Gasteiger partial charge in [-0.15, -0.1) is 11.8 Å². The summed E-state index contributed by atoms with van der Waals surface area (Å²) in [5.41, 5.74) is 1.26. The van der Waals surface area contributed by atoms with E-state index in [0.717, 1.165) is 12.2 Å². The van der Waals surface area contributed by atoms with Gasteiger partial charge in [-0.1, -0.05) is 17.7 Å². The van der Waals surface area contributed by atoms with Gasteiger partial charge in [-0.25, -0.2) is 0 Å². The standard InChI is InChI=1S/C16H25NO2S/c1-13(2)19-11-4-10-17-16(18)9-12-20-15-7-5-14(3)6-8-15/h5-8,13H,4,9-12H2,1-3H3,(H,17,18). The molecule has 0 aliphatic heterocycles. The van der Waals surface area contributed by atoms with Gasteiger partial charge in [-0.2, -0.15) is 0 Å². The van der Waals surface area contributed by atoms with Crippen molar-refractivity contribution in [2.24, 2.45) is 0 Å². The Morgan fingerprint density at radius 3 is 2.65 bits per heavy atom. The molecule has 0 saturated carbocycles. The molecule has 0 spiro atoms. The number of hydrogen-bond acceptors (Lipinski definition) is 3. The average Bonchev–Trinajstić information content (AvgIpc) is 2.40. The summed E-state index contributed by atoms with van der Waals surface area (Å²) in [4.78, 5) is 12.8. The molecule has 0 aromatic heterocycles. The molecule has 1 aromatic carbocycles. The second-order valence-corrected chi connectivity index (χ2v) is 6.20. The summed E-state index contributed by atoms with van der Waals surface area (Å²) < 4.78 is 5.42. The van der Waals surface area contributed by atoms with E-state index in [0.29, 0.717) is 19.6 Å². The molecule has 1 N–H and O–H groups in total. The predicted octanol–water partition coefficient (Wildman–Crippen LogP) is 3.41. The van der Waals surface area contributed by atoms with E-state index in [-0.39, 0.29) is 12.0 Å². The van der Waals surface area contributed by atoms with Crippen LogP contribution in [0.4, 0.5) is 0 Å². The predicted molar refractivity (Wildman–Crippen MR) is 85.2 cm³/mol. The molecule has 3 nitrogen and oxygen atoms in total. The number of aryl methyl sites for hydroxylation is 1. The number of nitrogens with one attached hydrogen (secondary N) is 1. The lowest BCUT2D eigenvalue weighted by Crippen LogP contribution is -2.25. The van der Waals surface area contributed by atoms with Crippen LogP contribution in [0.25, 0.3) is 0 Å². The van der Waals surface area contributed by atoms with Gasteiger partial charge in [0.1, 0.15) is 0 Å². The molecule has 4 heteroatoms. The van der Waals surface area contributed by atoms with Crippen LogP contribution in [0, 0.1) is 6.92 Å². The first-order valence-electron chi connectivity index (χ1n) is 7.15. The van der Waals surface area contributed by atoms with E-state index in [1.165, 1.54) is 10.5 Å². The highest BCUT2D eigenvalue weighted by Gasteiger charge is 2.02. The molecule has 112 valence electrons. The lowest BCUT2D eigenvalue weighted by molar-refractivity contribution is -0.120. The van der Waals surface area contributed by atoms with Crippen LogP contribution in [-0.2, 0) is 9.53 Å². The van der Waals surface area contributed by atoms with Crippen molar-refractivity contribution in [1.82, 2.24) is 5.32 Å². The molecule has 0 saturated heterocycles. The van der Waals surface area contributed by atoms with Gasteiger partial charge in [-0.3, -0.25) is 4.79 Å². The highest BCUT2D eigenvalue weighted by atomic mass is 32.2. The molecule has 1 amide bonds. The van der Waals surface area contributed by atoms with Gasteiger partial charge in [0.15, 0.2) is 0 Å². The van der Waals surface area contributed by atoms with Crippen molar-refractivity contribution in [2.75, 3.05) is 18.9 Å². The minimum atomic E-state index is 0.120. The number of rotatable bonds is 9. The summed E-state index contributed by atoms with van der Waals surface area (Å²) in [6.07, 6.45) is 1.69. The van der Waals surface area contributed by atoms with Gasteiger partial charge in [0.25, 0.3) is 0 Å². The highest BCUT2D eigenvalue weighted by molar-refractivity contribution is 7.99. The molecule has 0 bridgehead atoms. The Morgan fingerprint density at radius 2 is 2.00 bits per heavy atom. The van der Waals surface area contributed by atoms with Crippen molar-refractivity contribution >= 4 is 17.7 Å². The van der Waals surface area contributed by atoms with Gasteiger partial charge in [0.05, 0.1) is 6.10 Å².